The average molecular weight is 1610 g/mol. The van der Waals surface area contributed by atoms with E-state index >= 15 is 0 Å². The van der Waals surface area contributed by atoms with E-state index in [-0.39, 0.29) is 20.3 Å². The number of fused-ring (bicyclic) bond motifs is 19. The Morgan fingerprint density at radius 1 is 0.190 bits per heavy atom. The van der Waals surface area contributed by atoms with Crippen LogP contribution in [0.5, 0.6) is 0 Å². The van der Waals surface area contributed by atoms with Crippen molar-refractivity contribution in [3.05, 3.63) is 378 Å². The molecule has 0 bridgehead atoms. The number of hydrogen-bond donors (Lipinski definition) is 0. The second-order valence-electron chi connectivity index (χ2n) is 26.2. The highest BCUT2D eigenvalue weighted by Crippen LogP contribution is 2.62. The van der Waals surface area contributed by atoms with Crippen LogP contribution < -0.4 is 0 Å². The van der Waals surface area contributed by atoms with Gasteiger partial charge in [-0.1, -0.05) is 426 Å². The van der Waals surface area contributed by atoms with E-state index in [1.165, 1.54) is 166 Å². The van der Waals surface area contributed by atoms with Gasteiger partial charge in [-0.25, -0.2) is 0 Å². The van der Waals surface area contributed by atoms with E-state index in [0.29, 0.717) is 0 Å². The summed E-state index contributed by atoms with van der Waals surface area (Å²) in [7, 11) is 8.48. The first-order valence-electron chi connectivity index (χ1n) is 44.4. The summed E-state index contributed by atoms with van der Waals surface area (Å²) in [5.41, 5.74) is 30.7. The van der Waals surface area contributed by atoms with Gasteiger partial charge in [0.25, 0.3) is 0 Å². The highest BCUT2D eigenvalue weighted by Gasteiger charge is 2.51. The van der Waals surface area contributed by atoms with Crippen molar-refractivity contribution in [1.29, 1.82) is 0 Å². The number of aromatic nitrogens is 5. The molecule has 2 aliphatic rings. The Hall–Kier alpha value is -11.9. The molecule has 0 radical (unpaired) electrons. The van der Waals surface area contributed by atoms with Crippen LogP contribution in [0.4, 0.5) is 0 Å². The predicted octanol–water partition coefficient (Wildman–Crippen LogP) is 35.4. The van der Waals surface area contributed by atoms with Gasteiger partial charge in [0.1, 0.15) is 0 Å². The maximum absolute atomic E-state index is 2.32. The zero-order chi connectivity index (χ0) is 87.9. The van der Waals surface area contributed by atoms with E-state index in [9.17, 15) is 0 Å². The van der Waals surface area contributed by atoms with Gasteiger partial charge in [-0.15, -0.1) is 0 Å². The topological polar surface area (TPSA) is 24.6 Å². The van der Waals surface area contributed by atoms with Crippen LogP contribution in [0, 0.1) is 34.6 Å². The first-order valence-corrected chi connectivity index (χ1v) is 44.4. The molecule has 5 heterocycles. The number of nitrogens with zero attached hydrogens (tertiary/aromatic N) is 5. The summed E-state index contributed by atoms with van der Waals surface area (Å²) < 4.78 is 11.3. The highest BCUT2D eigenvalue weighted by atomic mass is 15.0. The monoisotopic (exact) mass is 1610 g/mol. The van der Waals surface area contributed by atoms with Crippen molar-refractivity contribution in [2.45, 2.75) is 193 Å². The molecule has 0 fully saturated rings. The van der Waals surface area contributed by atoms with Gasteiger partial charge in [0.2, 0.25) is 0 Å². The predicted molar refractivity (Wildman–Crippen MR) is 549 cm³/mol. The molecule has 0 saturated heterocycles. The summed E-state index contributed by atoms with van der Waals surface area (Å²) in [6, 6.07) is 117. The number of benzene rings is 13. The second-order valence-corrected chi connectivity index (χ2v) is 26.2. The lowest BCUT2D eigenvalue weighted by atomic mass is 9.70. The van der Waals surface area contributed by atoms with Crippen molar-refractivity contribution in [3.8, 4) is 39.2 Å². The lowest BCUT2D eigenvalue weighted by Gasteiger charge is -2.30. The zero-order valence-electron chi connectivity index (χ0n) is 77.9. The molecule has 13 aromatic carbocycles. The molecule has 2 aliphatic carbocycles. The fourth-order valence-electron chi connectivity index (χ4n) is 16.0. The molecule has 5 aromatic heterocycles. The van der Waals surface area contributed by atoms with Crippen LogP contribution in [0.25, 0.3) is 116 Å². The third-order valence-electron chi connectivity index (χ3n) is 21.2. The summed E-state index contributed by atoms with van der Waals surface area (Å²) in [5, 5.41) is 9.38. The Balaban J connectivity index is 0.000000364. The Morgan fingerprint density at radius 2 is 0.397 bits per heavy atom. The maximum atomic E-state index is 2.32. The van der Waals surface area contributed by atoms with Crippen LogP contribution in [0.1, 0.15) is 204 Å². The molecular formula is C116H149N5. The number of para-hydroxylation sites is 8. The molecule has 638 valence electrons. The molecule has 1 spiro atoms. The maximum Gasteiger partial charge on any atom is 0.0725 e. The summed E-state index contributed by atoms with van der Waals surface area (Å²) in [4.78, 5) is 0. The van der Waals surface area contributed by atoms with E-state index in [1.807, 2.05) is 138 Å². The number of rotatable bonds is 2. The van der Waals surface area contributed by atoms with Crippen LogP contribution in [-0.4, -0.2) is 22.8 Å². The summed E-state index contributed by atoms with van der Waals surface area (Å²) >= 11 is 0. The minimum atomic E-state index is -0.180. The van der Waals surface area contributed by atoms with Gasteiger partial charge in [-0.2, -0.15) is 0 Å². The van der Waals surface area contributed by atoms with Crippen molar-refractivity contribution in [2.24, 2.45) is 28.2 Å². The summed E-state index contributed by atoms with van der Waals surface area (Å²) in [5.74, 6) is 0. The number of hydrogen-bond acceptors (Lipinski definition) is 0. The van der Waals surface area contributed by atoms with Gasteiger partial charge >= 0.3 is 0 Å². The third-order valence-corrected chi connectivity index (χ3v) is 21.2. The van der Waals surface area contributed by atoms with Crippen molar-refractivity contribution in [2.75, 3.05) is 0 Å². The molecule has 18 aromatic rings. The molecule has 0 atom stereocenters. The first kappa shape index (κ1) is 103. The molecular weight excluding hydrogens is 1460 g/mol. The molecule has 0 aliphatic heterocycles. The Morgan fingerprint density at radius 3 is 0.678 bits per heavy atom. The van der Waals surface area contributed by atoms with Crippen molar-refractivity contribution in [1.82, 2.24) is 22.8 Å². The number of aryl methyl sites for hydroxylation is 7. The van der Waals surface area contributed by atoms with E-state index in [2.05, 4.69) is 413 Å². The first-order chi connectivity index (χ1) is 58.5. The molecule has 5 nitrogen and oxygen atoms in total. The molecule has 0 N–H and O–H groups in total. The van der Waals surface area contributed by atoms with Gasteiger partial charge in [0, 0.05) is 111 Å². The van der Waals surface area contributed by atoms with Gasteiger partial charge in [-0.3, -0.25) is 0 Å². The minimum Gasteiger partial charge on any atom is -0.348 e. The Labute approximate surface area is 733 Å². The van der Waals surface area contributed by atoms with Gasteiger partial charge in [0.15, 0.2) is 0 Å². The quantitative estimate of drug-likeness (QED) is 0.165. The minimum absolute atomic E-state index is 0. The second kappa shape index (κ2) is 52.9. The Kier molecular flexibility index (Phi) is 45.1. The summed E-state index contributed by atoms with van der Waals surface area (Å²) in [6.45, 7) is 50.9. The smallest absolute Gasteiger partial charge is 0.0725 e. The lowest BCUT2D eigenvalue weighted by molar-refractivity contribution is 0.794. The largest absolute Gasteiger partial charge is 0.348 e. The normalized spacial score (nSPS) is 10.3. The standard InChI is InChI=1S/C25H16.C18H13N.C16H15N.C13H11N.2C11H13N.10C2H6.2CH4/c1-5-13-21-17(9-1)18-10-2-6-14-22(18)25(21)23-15-7-3-11-19(23)20-12-4-8-16-24(20)25;1-2-8-14(9-3-1)19-17-12-6-4-10-15(17)16-11-5-7-13-18(16)19;1-12-14-10-6-7-11-15(14)17(2)16(12)13-8-4-3-5-9-13;1-14-12-8-4-2-6-10(12)11-7-3-5-9-13(11)14;2*1-8-9(2)12(3)11-7-5-4-6-10(8)11;10*1-2;;/h1-16H;1-13H;3-11H,1-2H3;2-9H,1H3;2*4-7H,1-3H3;10*1-2H3;2*1H4. The van der Waals surface area contributed by atoms with Crippen LogP contribution in [0.2, 0.25) is 0 Å². The van der Waals surface area contributed by atoms with Crippen molar-refractivity contribution in [3.63, 3.8) is 0 Å². The van der Waals surface area contributed by atoms with Crippen LogP contribution >= 0.6 is 0 Å². The Bertz CT molecular complexity index is 5490. The van der Waals surface area contributed by atoms with Crippen molar-refractivity contribution < 1.29 is 0 Å². The SMILES string of the molecule is C.C.CC.CC.CC.CC.CC.CC.CC.CC.CC.CC.Cc1c(-c2ccccc2)n(C)c2ccccc12.Cc1c(C)n(C)c2ccccc12.Cc1c(C)n(C)c2ccccc12.Cn1c2ccccc2c2ccccc21.c1ccc(-n2c3ccccc3c3ccccc32)cc1.c1ccc2c(c1)-c1ccccc1C21c2ccccc2-c2ccccc21. The van der Waals surface area contributed by atoms with Gasteiger partial charge in [-0.05, 0) is 156 Å². The van der Waals surface area contributed by atoms with E-state index < -0.39 is 0 Å². The molecule has 121 heavy (non-hydrogen) atoms. The molecule has 0 amide bonds. The molecule has 0 unspecified atom stereocenters. The molecule has 5 heteroatoms. The molecule has 0 saturated carbocycles. The lowest BCUT2D eigenvalue weighted by Crippen LogP contribution is -2.25. The van der Waals surface area contributed by atoms with Crippen molar-refractivity contribution >= 4 is 76.3 Å². The van der Waals surface area contributed by atoms with E-state index in [0.717, 1.165) is 0 Å². The highest BCUT2D eigenvalue weighted by molar-refractivity contribution is 6.10. The van der Waals surface area contributed by atoms with E-state index in [1.54, 1.807) is 0 Å². The average Bonchev–Trinajstić information content (AvgIpc) is 1.51. The third kappa shape index (κ3) is 21.6. The summed E-state index contributed by atoms with van der Waals surface area (Å²) in [6.07, 6.45) is 0. The van der Waals surface area contributed by atoms with Gasteiger partial charge in [0.05, 0.1) is 22.1 Å². The van der Waals surface area contributed by atoms with Crippen LogP contribution in [-0.2, 0) is 33.6 Å². The van der Waals surface area contributed by atoms with E-state index in [4.69, 9.17) is 0 Å². The van der Waals surface area contributed by atoms with Crippen LogP contribution in [0.3, 0.4) is 0 Å². The fraction of sp³-hybridized carbons (Fsp3) is 0.276. The van der Waals surface area contributed by atoms with Crippen LogP contribution in [0.15, 0.2) is 328 Å². The zero-order valence-corrected chi connectivity index (χ0v) is 77.9. The molecule has 20 rings (SSSR count). The van der Waals surface area contributed by atoms with Gasteiger partial charge < -0.3 is 22.8 Å². The fourth-order valence-corrected chi connectivity index (χ4v) is 16.0.